The number of ether oxygens (including phenoxy) is 3. The molecule has 3 rings (SSSR count). The number of benzene rings is 1. The number of hydrogen-bond acceptors (Lipinski definition) is 4. The van der Waals surface area contributed by atoms with E-state index in [1.54, 1.807) is 7.11 Å². The molecule has 16 heavy (non-hydrogen) atoms. The predicted molar refractivity (Wildman–Crippen MR) is 58.8 cm³/mol. The molecule has 2 N–H and O–H groups in total. The summed E-state index contributed by atoms with van der Waals surface area (Å²) < 4.78 is 16.0. The molecular formula is C12H15NO3. The molecule has 0 spiro atoms. The summed E-state index contributed by atoms with van der Waals surface area (Å²) in [6.07, 6.45) is 2.44. The maximum atomic E-state index is 6.17. The minimum atomic E-state index is 0.0865. The summed E-state index contributed by atoms with van der Waals surface area (Å²) in [6, 6.07) is 4.01. The van der Waals surface area contributed by atoms with Gasteiger partial charge in [0.1, 0.15) is 0 Å². The number of fused-ring (bicyclic) bond motifs is 1. The van der Waals surface area contributed by atoms with Crippen molar-refractivity contribution in [3.05, 3.63) is 17.7 Å². The lowest BCUT2D eigenvalue weighted by molar-refractivity contribution is 0.171. The van der Waals surface area contributed by atoms with E-state index in [0.717, 1.165) is 11.3 Å². The number of nitrogens with two attached hydrogens (primary N) is 1. The molecule has 1 aromatic carbocycles. The van der Waals surface area contributed by atoms with E-state index < -0.39 is 0 Å². The Balaban J connectivity index is 1.99. The average Bonchev–Trinajstić information content (AvgIpc) is 3.05. The SMILES string of the molecule is COc1cc([C@H](N)C2CC2)cc2c1OCO2. The zero-order valence-electron chi connectivity index (χ0n) is 9.23. The molecule has 4 heteroatoms. The van der Waals surface area contributed by atoms with Crippen LogP contribution >= 0.6 is 0 Å². The first-order chi connectivity index (χ1) is 7.79. The molecule has 0 amide bonds. The molecule has 0 aromatic heterocycles. The molecule has 1 aliphatic heterocycles. The Labute approximate surface area is 94.3 Å². The Kier molecular flexibility index (Phi) is 2.17. The fraction of sp³-hybridized carbons (Fsp3) is 0.500. The van der Waals surface area contributed by atoms with Crippen LogP contribution in [-0.2, 0) is 0 Å². The van der Waals surface area contributed by atoms with Crippen LogP contribution in [0.5, 0.6) is 17.2 Å². The van der Waals surface area contributed by atoms with Crippen molar-refractivity contribution in [2.75, 3.05) is 13.9 Å². The summed E-state index contributed by atoms with van der Waals surface area (Å²) in [6.45, 7) is 0.258. The minimum Gasteiger partial charge on any atom is -0.493 e. The molecule has 1 saturated carbocycles. The number of rotatable bonds is 3. The summed E-state index contributed by atoms with van der Waals surface area (Å²) in [5.41, 5.74) is 7.24. The van der Waals surface area contributed by atoms with Gasteiger partial charge in [0.15, 0.2) is 11.5 Å². The normalized spacial score (nSPS) is 19.6. The molecule has 0 unspecified atom stereocenters. The third kappa shape index (κ3) is 1.50. The van der Waals surface area contributed by atoms with Gasteiger partial charge in [-0.2, -0.15) is 0 Å². The molecule has 1 fully saturated rings. The second kappa shape index (κ2) is 3.56. The van der Waals surface area contributed by atoms with Gasteiger partial charge in [0.2, 0.25) is 12.5 Å². The molecule has 1 aromatic rings. The highest BCUT2D eigenvalue weighted by Gasteiger charge is 2.31. The maximum absolute atomic E-state index is 6.17. The maximum Gasteiger partial charge on any atom is 0.231 e. The van der Waals surface area contributed by atoms with Crippen molar-refractivity contribution < 1.29 is 14.2 Å². The third-order valence-electron chi connectivity index (χ3n) is 3.20. The lowest BCUT2D eigenvalue weighted by Crippen LogP contribution is -2.12. The van der Waals surface area contributed by atoms with E-state index in [-0.39, 0.29) is 12.8 Å². The zero-order chi connectivity index (χ0) is 11.1. The van der Waals surface area contributed by atoms with Crippen LogP contribution in [-0.4, -0.2) is 13.9 Å². The summed E-state index contributed by atoms with van der Waals surface area (Å²) in [7, 11) is 1.63. The van der Waals surface area contributed by atoms with Crippen molar-refractivity contribution in [2.24, 2.45) is 11.7 Å². The first-order valence-electron chi connectivity index (χ1n) is 5.52. The van der Waals surface area contributed by atoms with Crippen molar-refractivity contribution >= 4 is 0 Å². The smallest absolute Gasteiger partial charge is 0.231 e. The number of methoxy groups -OCH3 is 1. The molecular weight excluding hydrogens is 206 g/mol. The van der Waals surface area contributed by atoms with Crippen LogP contribution in [0.25, 0.3) is 0 Å². The van der Waals surface area contributed by atoms with Crippen molar-refractivity contribution in [3.8, 4) is 17.2 Å². The van der Waals surface area contributed by atoms with Gasteiger partial charge >= 0.3 is 0 Å². The lowest BCUT2D eigenvalue weighted by atomic mass is 10.0. The first-order valence-corrected chi connectivity index (χ1v) is 5.52. The minimum absolute atomic E-state index is 0.0865. The van der Waals surface area contributed by atoms with E-state index in [4.69, 9.17) is 19.9 Å². The molecule has 1 aliphatic carbocycles. The highest BCUT2D eigenvalue weighted by Crippen LogP contribution is 2.46. The highest BCUT2D eigenvalue weighted by atomic mass is 16.7. The third-order valence-corrected chi connectivity index (χ3v) is 3.20. The second-order valence-electron chi connectivity index (χ2n) is 4.32. The molecule has 0 saturated heterocycles. The molecule has 2 aliphatic rings. The molecule has 86 valence electrons. The Bertz CT molecular complexity index is 415. The van der Waals surface area contributed by atoms with Gasteiger partial charge in [-0.25, -0.2) is 0 Å². The van der Waals surface area contributed by atoms with Crippen LogP contribution in [0.3, 0.4) is 0 Å². The van der Waals surface area contributed by atoms with Gasteiger partial charge in [-0.15, -0.1) is 0 Å². The average molecular weight is 221 g/mol. The monoisotopic (exact) mass is 221 g/mol. The molecule has 0 bridgehead atoms. The van der Waals surface area contributed by atoms with Gasteiger partial charge < -0.3 is 19.9 Å². The van der Waals surface area contributed by atoms with Crippen LogP contribution in [0, 0.1) is 5.92 Å². The van der Waals surface area contributed by atoms with E-state index in [0.29, 0.717) is 17.4 Å². The standard InChI is InChI=1S/C12H15NO3/c1-14-9-4-8(11(13)7-2-3-7)5-10-12(9)16-6-15-10/h4-5,7,11H,2-3,6,13H2,1H3/t11-/m1/s1. The quantitative estimate of drug-likeness (QED) is 0.846. The van der Waals surface area contributed by atoms with Crippen molar-refractivity contribution in [1.82, 2.24) is 0 Å². The Morgan fingerprint density at radius 1 is 1.38 bits per heavy atom. The van der Waals surface area contributed by atoms with Crippen LogP contribution in [0.1, 0.15) is 24.4 Å². The van der Waals surface area contributed by atoms with Crippen molar-refractivity contribution in [3.63, 3.8) is 0 Å². The topological polar surface area (TPSA) is 53.7 Å². The van der Waals surface area contributed by atoms with Crippen LogP contribution in [0.2, 0.25) is 0 Å². The largest absolute Gasteiger partial charge is 0.493 e. The van der Waals surface area contributed by atoms with E-state index >= 15 is 0 Å². The zero-order valence-corrected chi connectivity index (χ0v) is 9.23. The molecule has 4 nitrogen and oxygen atoms in total. The fourth-order valence-corrected chi connectivity index (χ4v) is 2.07. The van der Waals surface area contributed by atoms with Gasteiger partial charge in [0.25, 0.3) is 0 Å². The van der Waals surface area contributed by atoms with E-state index in [9.17, 15) is 0 Å². The number of hydrogen-bond donors (Lipinski definition) is 1. The van der Waals surface area contributed by atoms with E-state index in [1.165, 1.54) is 12.8 Å². The molecule has 0 radical (unpaired) electrons. The fourth-order valence-electron chi connectivity index (χ4n) is 2.07. The van der Waals surface area contributed by atoms with E-state index in [2.05, 4.69) is 0 Å². The van der Waals surface area contributed by atoms with Gasteiger partial charge in [-0.3, -0.25) is 0 Å². The highest BCUT2D eigenvalue weighted by molar-refractivity contribution is 5.55. The van der Waals surface area contributed by atoms with Crippen LogP contribution < -0.4 is 19.9 Å². The predicted octanol–water partition coefficient (Wildman–Crippen LogP) is 1.83. The lowest BCUT2D eigenvalue weighted by Gasteiger charge is -2.13. The summed E-state index contributed by atoms with van der Waals surface area (Å²) >= 11 is 0. The molecule has 1 heterocycles. The van der Waals surface area contributed by atoms with Gasteiger partial charge in [-0.05, 0) is 36.5 Å². The van der Waals surface area contributed by atoms with Gasteiger partial charge in [0.05, 0.1) is 7.11 Å². The second-order valence-corrected chi connectivity index (χ2v) is 4.32. The first kappa shape index (κ1) is 9.78. The van der Waals surface area contributed by atoms with Gasteiger partial charge in [0, 0.05) is 6.04 Å². The van der Waals surface area contributed by atoms with Crippen molar-refractivity contribution in [2.45, 2.75) is 18.9 Å². The summed E-state index contributed by atoms with van der Waals surface area (Å²) in [5, 5.41) is 0. The Hall–Kier alpha value is -1.42. The summed E-state index contributed by atoms with van der Waals surface area (Å²) in [5.74, 6) is 2.76. The Morgan fingerprint density at radius 2 is 2.19 bits per heavy atom. The molecule has 1 atom stereocenters. The van der Waals surface area contributed by atoms with Crippen molar-refractivity contribution in [1.29, 1.82) is 0 Å². The summed E-state index contributed by atoms with van der Waals surface area (Å²) in [4.78, 5) is 0. The Morgan fingerprint density at radius 3 is 2.88 bits per heavy atom. The van der Waals surface area contributed by atoms with Crippen LogP contribution in [0.4, 0.5) is 0 Å². The van der Waals surface area contributed by atoms with Crippen LogP contribution in [0.15, 0.2) is 12.1 Å². The van der Waals surface area contributed by atoms with E-state index in [1.807, 2.05) is 12.1 Å². The van der Waals surface area contributed by atoms with Gasteiger partial charge in [-0.1, -0.05) is 0 Å².